The van der Waals surface area contributed by atoms with Crippen LogP contribution in [0.5, 0.6) is 0 Å². The van der Waals surface area contributed by atoms with Crippen molar-refractivity contribution in [3.05, 3.63) is 66.2 Å². The highest BCUT2D eigenvalue weighted by Crippen LogP contribution is 2.16. The van der Waals surface area contributed by atoms with E-state index in [0.29, 0.717) is 31.9 Å². The lowest BCUT2D eigenvalue weighted by Crippen LogP contribution is -2.54. The van der Waals surface area contributed by atoms with E-state index in [4.69, 9.17) is 4.74 Å². The highest BCUT2D eigenvalue weighted by Gasteiger charge is 2.33. The van der Waals surface area contributed by atoms with Crippen LogP contribution in [0.15, 0.2) is 65.6 Å². The molecule has 1 aliphatic heterocycles. The number of hydrogen-bond acceptors (Lipinski definition) is 8. The first kappa shape index (κ1) is 29.4. The Morgan fingerprint density at radius 2 is 1.50 bits per heavy atom. The maximum Gasteiger partial charge on any atom is 0.242 e. The summed E-state index contributed by atoms with van der Waals surface area (Å²) in [5.74, 6) is -4.46. The molecule has 0 bridgehead atoms. The number of carbonyl (C=O) groups is 3. The van der Waals surface area contributed by atoms with E-state index in [1.165, 1.54) is 29.2 Å². The van der Waals surface area contributed by atoms with Crippen molar-refractivity contribution in [2.45, 2.75) is 30.2 Å². The Hall–Kier alpha value is -3.13. The highest BCUT2D eigenvalue weighted by molar-refractivity contribution is 7.90. The Morgan fingerprint density at radius 1 is 0.921 bits per heavy atom. The molecule has 2 unspecified atom stereocenters. The number of rotatable bonds is 12. The zero-order chi connectivity index (χ0) is 27.8. The lowest BCUT2D eigenvalue weighted by atomic mass is 10.1. The molecule has 1 aliphatic rings. The number of benzene rings is 2. The summed E-state index contributed by atoms with van der Waals surface area (Å²) in [6.07, 6.45) is -2.10. The van der Waals surface area contributed by atoms with Gasteiger partial charge in [0, 0.05) is 19.5 Å². The summed E-state index contributed by atoms with van der Waals surface area (Å²) in [7, 11) is -8.05. The molecule has 1 heterocycles. The second kappa shape index (κ2) is 13.1. The molecule has 206 valence electrons. The lowest BCUT2D eigenvalue weighted by Gasteiger charge is -2.28. The molecule has 1 saturated heterocycles. The molecule has 0 aromatic heterocycles. The number of carbonyl (C=O) groups excluding carboxylic acids is 3. The summed E-state index contributed by atoms with van der Waals surface area (Å²) < 4.78 is 58.9. The molecule has 38 heavy (non-hydrogen) atoms. The van der Waals surface area contributed by atoms with Gasteiger partial charge in [-0.3, -0.25) is 14.4 Å². The van der Waals surface area contributed by atoms with Gasteiger partial charge in [-0.1, -0.05) is 48.5 Å². The van der Waals surface area contributed by atoms with Crippen LogP contribution in [0.3, 0.4) is 0 Å². The summed E-state index contributed by atoms with van der Waals surface area (Å²) in [5, 5.41) is 2.30. The van der Waals surface area contributed by atoms with Gasteiger partial charge in [-0.25, -0.2) is 16.8 Å². The molecule has 3 rings (SSSR count). The van der Waals surface area contributed by atoms with Crippen LogP contribution in [0.25, 0.3) is 0 Å². The monoisotopic (exact) mass is 565 g/mol. The molecular weight excluding hydrogens is 534 g/mol. The van der Waals surface area contributed by atoms with E-state index in [9.17, 15) is 31.2 Å². The van der Waals surface area contributed by atoms with Crippen LogP contribution in [0.4, 0.5) is 0 Å². The van der Waals surface area contributed by atoms with E-state index < -0.39 is 61.7 Å². The number of sulfone groups is 1. The fourth-order valence-corrected chi connectivity index (χ4v) is 6.76. The normalized spacial score (nSPS) is 15.9. The average Bonchev–Trinajstić information content (AvgIpc) is 2.89. The standard InChI is InChI=1S/C25H31N3O8S2/c1-19(29)24(27-38(34,35)22-10-6-3-7-11-22)26-25(31)21(16-23(30)28-12-14-36-15-13-28)18-37(32,33)17-20-8-4-2-5-9-20/h2-11,21,24,27H,12-18H2,1H3,(H,26,31). The zero-order valence-electron chi connectivity index (χ0n) is 20.9. The lowest BCUT2D eigenvalue weighted by molar-refractivity contribution is -0.139. The van der Waals surface area contributed by atoms with Gasteiger partial charge in [-0.15, -0.1) is 0 Å². The van der Waals surface area contributed by atoms with Crippen molar-refractivity contribution < 1.29 is 36.0 Å². The smallest absolute Gasteiger partial charge is 0.242 e. The Labute approximate surface area is 222 Å². The molecule has 0 aliphatic carbocycles. The number of Topliss-reactive ketones (excluding diaryl/α,β-unsaturated/α-hetero) is 1. The first-order valence-corrected chi connectivity index (χ1v) is 15.3. The van der Waals surface area contributed by atoms with Gasteiger partial charge in [0.2, 0.25) is 21.8 Å². The maximum absolute atomic E-state index is 13.3. The van der Waals surface area contributed by atoms with Crippen LogP contribution in [0, 0.1) is 5.92 Å². The van der Waals surface area contributed by atoms with Crippen LogP contribution in [-0.2, 0) is 44.7 Å². The van der Waals surface area contributed by atoms with Gasteiger partial charge in [0.05, 0.1) is 35.5 Å². The summed E-state index contributed by atoms with van der Waals surface area (Å²) in [4.78, 5) is 39.8. The third kappa shape index (κ3) is 8.72. The number of sulfonamides is 1. The molecule has 0 radical (unpaired) electrons. The Bertz CT molecular complexity index is 1330. The Morgan fingerprint density at radius 3 is 2.08 bits per heavy atom. The predicted octanol–water partition coefficient (Wildman–Crippen LogP) is 0.476. The second-order valence-corrected chi connectivity index (χ2v) is 12.7. The van der Waals surface area contributed by atoms with E-state index in [2.05, 4.69) is 10.0 Å². The van der Waals surface area contributed by atoms with Crippen LogP contribution in [0.1, 0.15) is 18.9 Å². The molecule has 2 amide bonds. The molecule has 2 atom stereocenters. The first-order valence-electron chi connectivity index (χ1n) is 11.9. The van der Waals surface area contributed by atoms with Crippen molar-refractivity contribution in [2.24, 2.45) is 5.92 Å². The van der Waals surface area contributed by atoms with Crippen LogP contribution in [0.2, 0.25) is 0 Å². The largest absolute Gasteiger partial charge is 0.378 e. The van der Waals surface area contributed by atoms with E-state index >= 15 is 0 Å². The minimum atomic E-state index is -4.18. The molecule has 1 fully saturated rings. The van der Waals surface area contributed by atoms with Crippen molar-refractivity contribution >= 4 is 37.5 Å². The molecule has 13 heteroatoms. The number of amides is 2. The zero-order valence-corrected chi connectivity index (χ0v) is 22.5. The molecule has 0 spiro atoms. The van der Waals surface area contributed by atoms with Crippen molar-refractivity contribution in [3.63, 3.8) is 0 Å². The van der Waals surface area contributed by atoms with E-state index in [0.717, 1.165) is 6.92 Å². The van der Waals surface area contributed by atoms with Crippen molar-refractivity contribution in [1.82, 2.24) is 14.9 Å². The molecule has 11 nitrogen and oxygen atoms in total. The SMILES string of the molecule is CC(=O)C(NC(=O)C(CC(=O)N1CCOCC1)CS(=O)(=O)Cc1ccccc1)NS(=O)(=O)c1ccccc1. The van der Waals surface area contributed by atoms with Crippen molar-refractivity contribution in [3.8, 4) is 0 Å². The van der Waals surface area contributed by atoms with E-state index in [1.807, 2.05) is 0 Å². The molecule has 2 aromatic carbocycles. The molecule has 2 N–H and O–H groups in total. The van der Waals surface area contributed by atoms with Gasteiger partial charge in [-0.2, -0.15) is 4.72 Å². The number of ether oxygens (including phenoxy) is 1. The molecular formula is C25H31N3O8S2. The summed E-state index contributed by atoms with van der Waals surface area (Å²) in [6, 6.07) is 15.6. The topological polar surface area (TPSA) is 156 Å². The summed E-state index contributed by atoms with van der Waals surface area (Å²) in [6.45, 7) is 2.33. The van der Waals surface area contributed by atoms with Crippen LogP contribution >= 0.6 is 0 Å². The number of ketones is 1. The molecule has 2 aromatic rings. The Balaban J connectivity index is 1.80. The van der Waals surface area contributed by atoms with E-state index in [-0.39, 0.29) is 10.6 Å². The van der Waals surface area contributed by atoms with Crippen molar-refractivity contribution in [2.75, 3.05) is 32.1 Å². The van der Waals surface area contributed by atoms with Crippen molar-refractivity contribution in [1.29, 1.82) is 0 Å². The van der Waals surface area contributed by atoms with Gasteiger partial charge in [0.1, 0.15) is 0 Å². The fourth-order valence-electron chi connectivity index (χ4n) is 3.87. The second-order valence-electron chi connectivity index (χ2n) is 8.92. The van der Waals surface area contributed by atoms with Gasteiger partial charge in [0.25, 0.3) is 0 Å². The summed E-state index contributed by atoms with van der Waals surface area (Å²) >= 11 is 0. The first-order chi connectivity index (χ1) is 18.0. The molecule has 0 saturated carbocycles. The summed E-state index contributed by atoms with van der Waals surface area (Å²) in [5.41, 5.74) is 0.517. The quantitative estimate of drug-likeness (QED) is 0.352. The average molecular weight is 566 g/mol. The Kier molecular flexibility index (Phi) is 10.1. The van der Waals surface area contributed by atoms with Gasteiger partial charge < -0.3 is 15.0 Å². The van der Waals surface area contributed by atoms with Gasteiger partial charge >= 0.3 is 0 Å². The minimum absolute atomic E-state index is 0.120. The van der Waals surface area contributed by atoms with E-state index in [1.54, 1.807) is 36.4 Å². The third-order valence-electron chi connectivity index (χ3n) is 5.86. The predicted molar refractivity (Wildman–Crippen MR) is 139 cm³/mol. The number of nitrogens with zero attached hydrogens (tertiary/aromatic N) is 1. The number of nitrogens with one attached hydrogen (secondary N) is 2. The van der Waals surface area contributed by atoms with Gasteiger partial charge in [0.15, 0.2) is 21.8 Å². The maximum atomic E-state index is 13.3. The van der Waals surface area contributed by atoms with Crippen LogP contribution in [-0.4, -0.2) is 77.6 Å². The third-order valence-corrected chi connectivity index (χ3v) is 8.98. The number of morpholine rings is 1. The highest BCUT2D eigenvalue weighted by atomic mass is 32.2. The van der Waals surface area contributed by atoms with Crippen LogP contribution < -0.4 is 10.0 Å². The van der Waals surface area contributed by atoms with Gasteiger partial charge in [-0.05, 0) is 24.6 Å². The minimum Gasteiger partial charge on any atom is -0.378 e. The number of hydrogen-bond donors (Lipinski definition) is 2. The fraction of sp³-hybridized carbons (Fsp3) is 0.400.